The van der Waals surface area contributed by atoms with E-state index in [4.69, 9.17) is 11.1 Å². The van der Waals surface area contributed by atoms with Gasteiger partial charge in [-0.05, 0) is 0 Å². The fourth-order valence-corrected chi connectivity index (χ4v) is 0.107. The van der Waals surface area contributed by atoms with Crippen LogP contribution in [0, 0.1) is 5.41 Å². The molecule has 7 heavy (non-hydrogen) atoms. The summed E-state index contributed by atoms with van der Waals surface area (Å²) in [7, 11) is 0. The van der Waals surface area contributed by atoms with Crippen LogP contribution in [-0.2, 0) is 0 Å². The van der Waals surface area contributed by atoms with Gasteiger partial charge in [0.1, 0.15) is 0 Å². The molecule has 0 radical (unpaired) electrons. The van der Waals surface area contributed by atoms with Crippen molar-refractivity contribution in [3.63, 3.8) is 0 Å². The molecule has 0 aromatic rings. The van der Waals surface area contributed by atoms with Gasteiger partial charge in [-0.1, -0.05) is 29.2 Å². The number of hydrogen-bond acceptors (Lipinski definition) is 2. The summed E-state index contributed by atoms with van der Waals surface area (Å²) in [6, 6.07) is 0. The Kier molecular flexibility index (Phi) is 2.98. The Morgan fingerprint density at radius 2 is 2.43 bits per heavy atom. The normalized spacial score (nSPS) is 12.7. The molecule has 0 aromatic carbocycles. The number of halogens is 1. The summed E-state index contributed by atoms with van der Waals surface area (Å²) >= 11 is 2.03. The minimum Gasteiger partial charge on any atom is -0.401 e. The van der Waals surface area contributed by atoms with Gasteiger partial charge in [-0.15, -0.1) is 0 Å². The zero-order valence-corrected chi connectivity index (χ0v) is 5.97. The molecule has 0 amide bonds. The van der Waals surface area contributed by atoms with Crippen LogP contribution in [-0.4, -0.2) is 10.1 Å². The van der Waals surface area contributed by atoms with Crippen LogP contribution >= 0.6 is 22.6 Å². The van der Waals surface area contributed by atoms with E-state index in [2.05, 4.69) is 6.58 Å². The Hall–Kier alpha value is -0.0600. The summed E-state index contributed by atoms with van der Waals surface area (Å²) < 4.78 is -0.00222. The van der Waals surface area contributed by atoms with E-state index in [0.717, 1.165) is 0 Å². The molecule has 0 spiro atoms. The third-order valence-corrected chi connectivity index (χ3v) is 1.66. The number of nitrogens with two attached hydrogens (primary N) is 1. The van der Waals surface area contributed by atoms with Crippen molar-refractivity contribution in [1.29, 1.82) is 5.41 Å². The second kappa shape index (κ2) is 3.01. The van der Waals surface area contributed by atoms with Gasteiger partial charge in [-0.25, -0.2) is 0 Å². The number of rotatable bonds is 2. The zero-order chi connectivity index (χ0) is 5.86. The Bertz CT molecular complexity index is 89.7. The standard InChI is InChI=1S/C4H7IN2/c1-3(7)4(5)2-6/h2,4,6H,1,7H2. The van der Waals surface area contributed by atoms with Crippen LogP contribution in [0.3, 0.4) is 0 Å². The maximum atomic E-state index is 6.67. The molecule has 1 unspecified atom stereocenters. The molecule has 0 bridgehead atoms. The molecule has 0 rings (SSSR count). The van der Waals surface area contributed by atoms with Crippen molar-refractivity contribution in [1.82, 2.24) is 0 Å². The van der Waals surface area contributed by atoms with Crippen molar-refractivity contribution < 1.29 is 0 Å². The first-order valence-corrected chi connectivity index (χ1v) is 3.02. The maximum absolute atomic E-state index is 6.67. The maximum Gasteiger partial charge on any atom is 0.0842 e. The van der Waals surface area contributed by atoms with Crippen LogP contribution in [0.15, 0.2) is 12.3 Å². The molecule has 0 aliphatic heterocycles. The topological polar surface area (TPSA) is 49.9 Å². The van der Waals surface area contributed by atoms with Crippen LogP contribution < -0.4 is 5.73 Å². The van der Waals surface area contributed by atoms with Crippen LogP contribution in [0.1, 0.15) is 0 Å². The van der Waals surface area contributed by atoms with Crippen molar-refractivity contribution >= 4 is 28.8 Å². The molecule has 3 N–H and O–H groups in total. The molecule has 0 aromatic heterocycles. The van der Waals surface area contributed by atoms with Crippen molar-refractivity contribution in [3.05, 3.63) is 12.3 Å². The molecule has 3 heteroatoms. The minimum absolute atomic E-state index is 0.00222. The largest absolute Gasteiger partial charge is 0.401 e. The van der Waals surface area contributed by atoms with E-state index in [-0.39, 0.29) is 3.92 Å². The van der Waals surface area contributed by atoms with Crippen LogP contribution in [0.2, 0.25) is 0 Å². The zero-order valence-electron chi connectivity index (χ0n) is 3.82. The first-order chi connectivity index (χ1) is 3.18. The molecule has 0 aliphatic rings. The average molecular weight is 210 g/mol. The first kappa shape index (κ1) is 6.94. The van der Waals surface area contributed by atoms with Gasteiger partial charge in [0.2, 0.25) is 0 Å². The molecule has 40 valence electrons. The van der Waals surface area contributed by atoms with Crippen LogP contribution in [0.25, 0.3) is 0 Å². The third kappa shape index (κ3) is 2.61. The lowest BCUT2D eigenvalue weighted by molar-refractivity contribution is 1.28. The third-order valence-electron chi connectivity index (χ3n) is 0.501. The van der Waals surface area contributed by atoms with Gasteiger partial charge in [0, 0.05) is 11.9 Å². The van der Waals surface area contributed by atoms with Crippen molar-refractivity contribution in [2.75, 3.05) is 0 Å². The summed E-state index contributed by atoms with van der Waals surface area (Å²) in [5.41, 5.74) is 5.73. The molecule has 0 heterocycles. The second-order valence-corrected chi connectivity index (χ2v) is 2.49. The van der Waals surface area contributed by atoms with Gasteiger partial charge >= 0.3 is 0 Å². The first-order valence-electron chi connectivity index (χ1n) is 1.77. The molecular weight excluding hydrogens is 203 g/mol. The van der Waals surface area contributed by atoms with Gasteiger partial charge in [-0.2, -0.15) is 0 Å². The summed E-state index contributed by atoms with van der Waals surface area (Å²) in [5, 5.41) is 6.67. The highest BCUT2D eigenvalue weighted by Gasteiger charge is 1.96. The molecule has 0 aliphatic carbocycles. The summed E-state index contributed by atoms with van der Waals surface area (Å²) in [4.78, 5) is 0. The Balaban J connectivity index is 3.55. The molecule has 1 atom stereocenters. The van der Waals surface area contributed by atoms with Gasteiger partial charge < -0.3 is 11.1 Å². The molecule has 2 nitrogen and oxygen atoms in total. The highest BCUT2D eigenvalue weighted by Crippen LogP contribution is 2.00. The van der Waals surface area contributed by atoms with E-state index in [1.165, 1.54) is 6.21 Å². The van der Waals surface area contributed by atoms with E-state index in [1.807, 2.05) is 22.6 Å². The minimum atomic E-state index is -0.00222. The average Bonchev–Trinajstić information content (AvgIpc) is 1.65. The van der Waals surface area contributed by atoms with Gasteiger partial charge in [-0.3, -0.25) is 0 Å². The Morgan fingerprint density at radius 1 is 2.00 bits per heavy atom. The Labute approximate surface area is 56.4 Å². The SMILES string of the molecule is C=C(N)C(I)C=N. The smallest absolute Gasteiger partial charge is 0.0842 e. The lowest BCUT2D eigenvalue weighted by Gasteiger charge is -1.96. The van der Waals surface area contributed by atoms with Gasteiger partial charge in [0.05, 0.1) is 3.92 Å². The van der Waals surface area contributed by atoms with Crippen molar-refractivity contribution in [2.45, 2.75) is 3.92 Å². The predicted octanol–water partition coefficient (Wildman–Crippen LogP) is 0.912. The van der Waals surface area contributed by atoms with E-state index in [1.54, 1.807) is 0 Å². The fraction of sp³-hybridized carbons (Fsp3) is 0.250. The fourth-order valence-electron chi connectivity index (χ4n) is 0.107. The lowest BCUT2D eigenvalue weighted by Crippen LogP contribution is -2.09. The summed E-state index contributed by atoms with van der Waals surface area (Å²) in [5.74, 6) is 0. The van der Waals surface area contributed by atoms with Crippen molar-refractivity contribution in [2.24, 2.45) is 5.73 Å². The molecule has 0 fully saturated rings. The quantitative estimate of drug-likeness (QED) is 0.397. The van der Waals surface area contributed by atoms with Crippen molar-refractivity contribution in [3.8, 4) is 0 Å². The number of hydrogen-bond donors (Lipinski definition) is 2. The van der Waals surface area contributed by atoms with Crippen LogP contribution in [0.4, 0.5) is 0 Å². The van der Waals surface area contributed by atoms with Crippen LogP contribution in [0.5, 0.6) is 0 Å². The number of allylic oxidation sites excluding steroid dienone is 1. The highest BCUT2D eigenvalue weighted by atomic mass is 127. The monoisotopic (exact) mass is 210 g/mol. The number of alkyl halides is 1. The van der Waals surface area contributed by atoms with E-state index >= 15 is 0 Å². The summed E-state index contributed by atoms with van der Waals surface area (Å²) in [6.45, 7) is 3.44. The number of nitrogens with one attached hydrogen (secondary N) is 1. The molecular formula is C4H7IN2. The predicted molar refractivity (Wildman–Crippen MR) is 39.9 cm³/mol. The van der Waals surface area contributed by atoms with Gasteiger partial charge in [0.25, 0.3) is 0 Å². The molecule has 0 saturated carbocycles. The van der Waals surface area contributed by atoms with E-state index in [0.29, 0.717) is 5.70 Å². The second-order valence-electron chi connectivity index (χ2n) is 1.14. The Morgan fingerprint density at radius 3 is 2.43 bits per heavy atom. The molecule has 0 saturated heterocycles. The highest BCUT2D eigenvalue weighted by molar-refractivity contribution is 14.1. The summed E-state index contributed by atoms with van der Waals surface area (Å²) in [6.07, 6.45) is 1.25. The van der Waals surface area contributed by atoms with E-state index < -0.39 is 0 Å². The van der Waals surface area contributed by atoms with E-state index in [9.17, 15) is 0 Å². The van der Waals surface area contributed by atoms with Gasteiger partial charge in [0.15, 0.2) is 0 Å². The lowest BCUT2D eigenvalue weighted by atomic mass is 10.4.